The minimum atomic E-state index is -0.669. The second kappa shape index (κ2) is 17.9. The lowest BCUT2D eigenvalue weighted by Crippen LogP contribution is -2.52. The van der Waals surface area contributed by atoms with Crippen LogP contribution in [-0.2, 0) is 4.79 Å². The maximum atomic E-state index is 15.7. The summed E-state index contributed by atoms with van der Waals surface area (Å²) in [5, 5.41) is 33.1. The number of hydrogen-bond donors (Lipinski definition) is 5. The van der Waals surface area contributed by atoms with E-state index < -0.39 is 11.8 Å². The predicted octanol–water partition coefficient (Wildman–Crippen LogP) is 7.47. The molecule has 4 fully saturated rings. The van der Waals surface area contributed by atoms with Crippen LogP contribution < -0.4 is 20.1 Å². The minimum absolute atomic E-state index is 0.0244. The number of nitrogens with zero attached hydrogens (tertiary/aromatic N) is 6. The molecule has 3 aromatic carbocycles. The summed E-state index contributed by atoms with van der Waals surface area (Å²) in [7, 11) is 3.50. The van der Waals surface area contributed by atoms with Gasteiger partial charge in [0.15, 0.2) is 11.6 Å². The third kappa shape index (κ3) is 8.85. The first-order valence-electron chi connectivity index (χ1n) is 20.9. The number of amidine groups is 1. The molecule has 2 saturated heterocycles. The number of fused-ring (bicyclic) bond motifs is 1. The van der Waals surface area contributed by atoms with E-state index in [0.717, 1.165) is 70.2 Å². The SMILES string of the molecule is CNc1cc(C2CCC(N3CCC4(CC3)CC(c3cnc5ccc(Oc6c(F)ccc(NSN(C)CCO)c6C#N)cc5n3)C4)CC2)c(F)cc1C(=N)N1CCC(=O)NC1=O. The number of aliphatic hydroxyl groups is 1. The smallest absolute Gasteiger partial charge is 0.329 e. The van der Waals surface area contributed by atoms with E-state index in [-0.39, 0.29) is 65.3 Å². The Hall–Kier alpha value is -5.41. The van der Waals surface area contributed by atoms with Crippen LogP contribution in [0.4, 0.5) is 25.0 Å². The Labute approximate surface area is 357 Å². The molecule has 8 rings (SSSR count). The minimum Gasteiger partial charge on any atom is -0.453 e. The van der Waals surface area contributed by atoms with Crippen LogP contribution in [0.1, 0.15) is 92.0 Å². The molecule has 3 amide bonds. The molecule has 320 valence electrons. The third-order valence-electron chi connectivity index (χ3n) is 13.0. The number of aromatic nitrogens is 2. The number of anilines is 2. The number of nitrogens with one attached hydrogen (secondary N) is 4. The number of rotatable bonds is 12. The molecule has 4 aromatic rings. The average molecular weight is 853 g/mol. The fourth-order valence-corrected chi connectivity index (χ4v) is 10.1. The van der Waals surface area contributed by atoms with Crippen LogP contribution in [0.2, 0.25) is 0 Å². The molecule has 2 aliphatic carbocycles. The number of ether oxygens (including phenoxy) is 1. The zero-order valence-corrected chi connectivity index (χ0v) is 35.1. The molecule has 4 aliphatic rings. The summed E-state index contributed by atoms with van der Waals surface area (Å²) in [6, 6.07) is 12.9. The average Bonchev–Trinajstić information content (AvgIpc) is 3.25. The summed E-state index contributed by atoms with van der Waals surface area (Å²) in [6.07, 6.45) is 10.0. The van der Waals surface area contributed by atoms with E-state index in [1.165, 1.54) is 35.2 Å². The monoisotopic (exact) mass is 852 g/mol. The largest absolute Gasteiger partial charge is 0.453 e. The quantitative estimate of drug-likeness (QED) is 0.0540. The Balaban J connectivity index is 0.848. The number of benzene rings is 3. The normalized spacial score (nSPS) is 20.6. The fraction of sp³-hybridized carbons (Fsp3) is 0.455. The van der Waals surface area contributed by atoms with Crippen molar-refractivity contribution in [1.29, 1.82) is 10.7 Å². The number of carbonyl (C=O) groups excluding carboxylic acids is 2. The molecule has 2 aliphatic heterocycles. The molecule has 2 saturated carbocycles. The van der Waals surface area contributed by atoms with Crippen LogP contribution in [-0.4, -0.2) is 99.9 Å². The number of hydrogen-bond acceptors (Lipinski definition) is 13. The van der Waals surface area contributed by atoms with Gasteiger partial charge in [0.1, 0.15) is 29.0 Å². The van der Waals surface area contributed by atoms with Crippen LogP contribution in [0.3, 0.4) is 0 Å². The first kappa shape index (κ1) is 42.3. The number of aliphatic hydroxyl groups excluding tert-OH is 1. The van der Waals surface area contributed by atoms with Crippen LogP contribution in [0.15, 0.2) is 48.7 Å². The number of likely N-dealkylation sites (tertiary alicyclic amines) is 1. The van der Waals surface area contributed by atoms with Crippen molar-refractivity contribution < 1.29 is 28.2 Å². The Kier molecular flexibility index (Phi) is 12.4. The highest BCUT2D eigenvalue weighted by Crippen LogP contribution is 2.57. The number of imide groups is 1. The van der Waals surface area contributed by atoms with Gasteiger partial charge in [-0.15, -0.1) is 0 Å². The van der Waals surface area contributed by atoms with Crippen molar-refractivity contribution in [1.82, 2.24) is 29.4 Å². The van der Waals surface area contributed by atoms with Crippen molar-refractivity contribution >= 4 is 52.3 Å². The Morgan fingerprint density at radius 2 is 1.82 bits per heavy atom. The molecule has 61 heavy (non-hydrogen) atoms. The molecule has 1 spiro atoms. The van der Waals surface area contributed by atoms with E-state index in [2.05, 4.69) is 31.3 Å². The molecule has 0 bridgehead atoms. The van der Waals surface area contributed by atoms with Crippen LogP contribution in [0.25, 0.3) is 11.0 Å². The van der Waals surface area contributed by atoms with Crippen molar-refractivity contribution in [3.63, 3.8) is 0 Å². The molecular weight excluding hydrogens is 803 g/mol. The Morgan fingerprint density at radius 3 is 2.52 bits per heavy atom. The molecule has 17 heteroatoms. The van der Waals surface area contributed by atoms with Crippen molar-refractivity contribution in [2.24, 2.45) is 5.41 Å². The lowest BCUT2D eigenvalue weighted by molar-refractivity contribution is -0.121. The van der Waals surface area contributed by atoms with Gasteiger partial charge in [0.05, 0.1) is 29.0 Å². The van der Waals surface area contributed by atoms with E-state index >= 15 is 8.78 Å². The lowest BCUT2D eigenvalue weighted by atomic mass is 9.56. The highest BCUT2D eigenvalue weighted by atomic mass is 32.2. The first-order valence-corrected chi connectivity index (χ1v) is 21.6. The third-order valence-corrected chi connectivity index (χ3v) is 13.8. The zero-order chi connectivity index (χ0) is 42.8. The Bertz CT molecular complexity index is 2370. The summed E-state index contributed by atoms with van der Waals surface area (Å²) in [5.74, 6) is -1.05. The molecule has 14 nitrogen and oxygen atoms in total. The van der Waals surface area contributed by atoms with Gasteiger partial charge >= 0.3 is 6.03 Å². The molecule has 0 radical (unpaired) electrons. The number of piperidine rings is 1. The van der Waals surface area contributed by atoms with Crippen molar-refractivity contribution in [2.45, 2.75) is 75.7 Å². The van der Waals surface area contributed by atoms with Gasteiger partial charge in [-0.25, -0.2) is 22.9 Å². The van der Waals surface area contributed by atoms with Crippen LogP contribution in [0.5, 0.6) is 11.5 Å². The Morgan fingerprint density at radius 1 is 1.05 bits per heavy atom. The number of urea groups is 1. The van der Waals surface area contributed by atoms with Crippen LogP contribution >= 0.6 is 12.1 Å². The molecule has 0 atom stereocenters. The zero-order valence-electron chi connectivity index (χ0n) is 34.3. The number of nitriles is 1. The van der Waals surface area contributed by atoms with E-state index in [1.807, 2.05) is 6.20 Å². The van der Waals surface area contributed by atoms with Gasteiger partial charge in [0.25, 0.3) is 0 Å². The van der Waals surface area contributed by atoms with Crippen molar-refractivity contribution in [2.75, 3.05) is 56.9 Å². The van der Waals surface area contributed by atoms with Gasteiger partial charge in [-0.1, -0.05) is 0 Å². The standard InChI is InChI=1S/C44H50F2N10O4S/c1-49-37-21-30(34(46)20-31(37)42(48)56-14-11-40(58)52-43(56)59)26-3-5-28(6-4-26)55-15-12-44(13-16-55)22-27(23-44)39-25-50-36-9-7-29(19-38(36)51-39)60-41-32(24-47)35(10-8-33(41)45)53-61-54(2)17-18-57/h7-10,19-21,25-28,48-49,53,57H,3-6,11-18,22-23H2,1-2H3,(H,52,58,59). The molecule has 5 N–H and O–H groups in total. The predicted molar refractivity (Wildman–Crippen MR) is 230 cm³/mol. The lowest BCUT2D eigenvalue weighted by Gasteiger charge is -2.53. The van der Waals surface area contributed by atoms with Gasteiger partial charge < -0.3 is 24.8 Å². The maximum absolute atomic E-state index is 15.7. The topological polar surface area (TPSA) is 183 Å². The fourth-order valence-electron chi connectivity index (χ4n) is 9.50. The summed E-state index contributed by atoms with van der Waals surface area (Å²) in [6.45, 7) is 2.52. The molecular formula is C44H50F2N10O4S. The van der Waals surface area contributed by atoms with Crippen molar-refractivity contribution in [3.8, 4) is 17.6 Å². The van der Waals surface area contributed by atoms with E-state index in [4.69, 9.17) is 15.1 Å². The summed E-state index contributed by atoms with van der Waals surface area (Å²) >= 11 is 1.18. The summed E-state index contributed by atoms with van der Waals surface area (Å²) in [4.78, 5) is 37.4. The van der Waals surface area contributed by atoms with Crippen molar-refractivity contribution in [3.05, 3.63) is 82.7 Å². The maximum Gasteiger partial charge on any atom is 0.329 e. The van der Waals surface area contributed by atoms with Gasteiger partial charge in [-0.3, -0.25) is 25.4 Å². The number of likely N-dealkylation sites (N-methyl/N-ethyl adjacent to an activating group) is 1. The second-order valence-electron chi connectivity index (χ2n) is 16.6. The van der Waals surface area contributed by atoms with Gasteiger partial charge in [-0.2, -0.15) is 5.26 Å². The van der Waals surface area contributed by atoms with Gasteiger partial charge in [0, 0.05) is 74.2 Å². The van der Waals surface area contributed by atoms with Crippen LogP contribution in [0, 0.1) is 33.8 Å². The van der Waals surface area contributed by atoms with E-state index in [0.29, 0.717) is 52.2 Å². The number of carbonyl (C=O) groups is 2. The highest BCUT2D eigenvalue weighted by molar-refractivity contribution is 7.98. The number of amides is 3. The van der Waals surface area contributed by atoms with E-state index in [9.17, 15) is 20.0 Å². The van der Waals surface area contributed by atoms with E-state index in [1.54, 1.807) is 42.7 Å². The summed E-state index contributed by atoms with van der Waals surface area (Å²) < 4.78 is 41.5. The second-order valence-corrected chi connectivity index (χ2v) is 17.7. The van der Waals surface area contributed by atoms with Gasteiger partial charge in [-0.05, 0) is 125 Å². The number of halogens is 2. The molecule has 3 heterocycles. The van der Waals surface area contributed by atoms with Gasteiger partial charge in [0.2, 0.25) is 5.91 Å². The first-order chi connectivity index (χ1) is 29.5. The molecule has 1 aromatic heterocycles. The molecule has 0 unspecified atom stereocenters. The summed E-state index contributed by atoms with van der Waals surface area (Å²) in [5.41, 5.74) is 4.46. The highest BCUT2D eigenvalue weighted by Gasteiger charge is 2.47.